The van der Waals surface area contributed by atoms with Crippen molar-refractivity contribution in [3.8, 4) is 0 Å². The average Bonchev–Trinajstić information content (AvgIpc) is 2.33. The number of piperazine rings is 1. The van der Waals surface area contributed by atoms with Gasteiger partial charge >= 0.3 is 0 Å². The van der Waals surface area contributed by atoms with Gasteiger partial charge in [0.1, 0.15) is 0 Å². The van der Waals surface area contributed by atoms with Crippen molar-refractivity contribution in [2.24, 2.45) is 5.41 Å². The lowest BCUT2D eigenvalue weighted by Crippen LogP contribution is -2.48. The van der Waals surface area contributed by atoms with E-state index in [1.165, 1.54) is 10.0 Å². The summed E-state index contributed by atoms with van der Waals surface area (Å²) in [5.41, 5.74) is 1.59. The van der Waals surface area contributed by atoms with Crippen molar-refractivity contribution in [2.45, 2.75) is 26.8 Å². The van der Waals surface area contributed by atoms with E-state index < -0.39 is 0 Å². The van der Waals surface area contributed by atoms with Crippen LogP contribution in [0.5, 0.6) is 0 Å². The van der Waals surface area contributed by atoms with E-state index in [9.17, 15) is 0 Å². The van der Waals surface area contributed by atoms with Gasteiger partial charge in [-0.25, -0.2) is 0 Å². The fourth-order valence-corrected chi connectivity index (χ4v) is 3.72. The molecule has 0 bridgehead atoms. The summed E-state index contributed by atoms with van der Waals surface area (Å²) in [6.07, 6.45) is 0. The third-order valence-electron chi connectivity index (χ3n) is 3.59. The first-order chi connectivity index (χ1) is 8.89. The second-order valence-corrected chi connectivity index (χ2v) is 7.99. The van der Waals surface area contributed by atoms with E-state index in [4.69, 9.17) is 0 Å². The molecule has 0 unspecified atom stereocenters. The second-order valence-electron chi connectivity index (χ2n) is 6.22. The Morgan fingerprint density at radius 1 is 1.16 bits per heavy atom. The van der Waals surface area contributed by atoms with Gasteiger partial charge in [0.05, 0.1) is 0 Å². The molecule has 0 saturated carbocycles. The molecular weight excluding hydrogens is 368 g/mol. The lowest BCUT2D eigenvalue weighted by molar-refractivity contribution is 0.0857. The van der Waals surface area contributed by atoms with Gasteiger partial charge in [-0.2, -0.15) is 0 Å². The fourth-order valence-electron chi connectivity index (χ4n) is 2.88. The van der Waals surface area contributed by atoms with E-state index in [0.29, 0.717) is 6.04 Å². The van der Waals surface area contributed by atoms with Crippen LogP contribution in [0.2, 0.25) is 0 Å². The molecule has 1 N–H and O–H groups in total. The Morgan fingerprint density at radius 3 is 2.37 bits per heavy atom. The molecule has 2 rings (SSSR count). The van der Waals surface area contributed by atoms with Crippen molar-refractivity contribution in [3.63, 3.8) is 0 Å². The molecule has 106 valence electrons. The molecular formula is C15H22Br2N2. The quantitative estimate of drug-likeness (QED) is 0.815. The van der Waals surface area contributed by atoms with Crippen LogP contribution in [-0.4, -0.2) is 31.1 Å². The normalized spacial score (nSPS) is 19.4. The maximum atomic E-state index is 3.73. The minimum atomic E-state index is 0.209. The summed E-state index contributed by atoms with van der Waals surface area (Å²) < 4.78 is 2.35. The van der Waals surface area contributed by atoms with E-state index in [1.54, 1.807) is 0 Å². The van der Waals surface area contributed by atoms with Crippen LogP contribution in [0.1, 0.15) is 32.4 Å². The van der Waals surface area contributed by atoms with Gasteiger partial charge in [-0.15, -0.1) is 0 Å². The fraction of sp³-hybridized carbons (Fsp3) is 0.600. The zero-order chi connectivity index (χ0) is 14.0. The first-order valence-corrected chi connectivity index (χ1v) is 8.38. The minimum absolute atomic E-state index is 0.209. The highest BCUT2D eigenvalue weighted by atomic mass is 79.9. The molecule has 1 aliphatic heterocycles. The summed E-state index contributed by atoms with van der Waals surface area (Å²) in [6, 6.07) is 6.91. The van der Waals surface area contributed by atoms with Crippen LogP contribution in [0, 0.1) is 5.41 Å². The molecule has 1 saturated heterocycles. The smallest absolute Gasteiger partial charge is 0.0409 e. The number of benzene rings is 1. The first kappa shape index (κ1) is 15.5. The first-order valence-electron chi connectivity index (χ1n) is 6.79. The average molecular weight is 390 g/mol. The number of rotatable bonds is 2. The Bertz CT molecular complexity index is 434. The predicted octanol–water partition coefficient (Wildman–Crippen LogP) is 4.20. The Hall–Kier alpha value is 0.1000. The van der Waals surface area contributed by atoms with Crippen LogP contribution < -0.4 is 5.32 Å². The van der Waals surface area contributed by atoms with Gasteiger partial charge in [-0.3, -0.25) is 4.90 Å². The Kier molecular flexibility index (Phi) is 5.09. The summed E-state index contributed by atoms with van der Waals surface area (Å²) in [5, 5.41) is 3.44. The summed E-state index contributed by atoms with van der Waals surface area (Å²) >= 11 is 7.33. The maximum Gasteiger partial charge on any atom is 0.0409 e. The molecule has 1 aromatic rings. The van der Waals surface area contributed by atoms with Crippen molar-refractivity contribution in [1.82, 2.24) is 10.2 Å². The topological polar surface area (TPSA) is 15.3 Å². The van der Waals surface area contributed by atoms with E-state index >= 15 is 0 Å². The van der Waals surface area contributed by atoms with Crippen LogP contribution in [0.4, 0.5) is 0 Å². The summed E-state index contributed by atoms with van der Waals surface area (Å²) in [7, 11) is 0. The van der Waals surface area contributed by atoms with E-state index in [2.05, 4.69) is 81.0 Å². The van der Waals surface area contributed by atoms with Gasteiger partial charge in [-0.1, -0.05) is 52.6 Å². The summed E-state index contributed by atoms with van der Waals surface area (Å²) in [4.78, 5) is 2.60. The minimum Gasteiger partial charge on any atom is -0.314 e. The highest BCUT2D eigenvalue weighted by Gasteiger charge is 2.33. The lowest BCUT2D eigenvalue weighted by atomic mass is 9.81. The monoisotopic (exact) mass is 388 g/mol. The van der Waals surface area contributed by atoms with Crippen LogP contribution in [0.3, 0.4) is 0 Å². The molecule has 4 heteroatoms. The molecule has 0 amide bonds. The number of hydrogen-bond acceptors (Lipinski definition) is 2. The molecule has 0 aromatic heterocycles. The van der Waals surface area contributed by atoms with Crippen molar-refractivity contribution in [3.05, 3.63) is 32.7 Å². The maximum absolute atomic E-state index is 3.73. The van der Waals surface area contributed by atoms with Gasteiger partial charge in [0.15, 0.2) is 0 Å². The lowest BCUT2D eigenvalue weighted by Gasteiger charge is -2.43. The molecule has 1 aromatic carbocycles. The van der Waals surface area contributed by atoms with E-state index in [1.807, 2.05) is 0 Å². The second kappa shape index (κ2) is 6.25. The molecule has 0 radical (unpaired) electrons. The number of halogens is 2. The molecule has 19 heavy (non-hydrogen) atoms. The third-order valence-corrected chi connectivity index (χ3v) is 4.81. The zero-order valence-corrected chi connectivity index (χ0v) is 15.0. The highest BCUT2D eigenvalue weighted by Crippen LogP contribution is 2.41. The van der Waals surface area contributed by atoms with Crippen molar-refractivity contribution in [2.75, 3.05) is 26.2 Å². The van der Waals surface area contributed by atoms with E-state index in [0.717, 1.165) is 30.7 Å². The molecule has 2 nitrogen and oxygen atoms in total. The van der Waals surface area contributed by atoms with Crippen molar-refractivity contribution < 1.29 is 0 Å². The predicted molar refractivity (Wildman–Crippen MR) is 88.5 cm³/mol. The van der Waals surface area contributed by atoms with Gasteiger partial charge in [0, 0.05) is 41.2 Å². The molecule has 0 spiro atoms. The van der Waals surface area contributed by atoms with Crippen LogP contribution in [0.25, 0.3) is 0 Å². The number of nitrogens with zero attached hydrogens (tertiary/aromatic N) is 1. The molecule has 1 heterocycles. The van der Waals surface area contributed by atoms with Gasteiger partial charge in [-0.05, 0) is 29.2 Å². The standard InChI is InChI=1S/C15H22Br2N2/c1-15(2,3)14(19-8-6-18-7-9-19)12-10-11(16)4-5-13(12)17/h4-5,10,14,18H,6-9H2,1-3H3/t14-/m0/s1. The number of hydrogen-bond donors (Lipinski definition) is 1. The number of nitrogens with one attached hydrogen (secondary N) is 1. The van der Waals surface area contributed by atoms with Gasteiger partial charge in [0.25, 0.3) is 0 Å². The summed E-state index contributed by atoms with van der Waals surface area (Å²) in [5.74, 6) is 0. The molecule has 1 atom stereocenters. The van der Waals surface area contributed by atoms with Gasteiger partial charge in [0.2, 0.25) is 0 Å². The Balaban J connectivity index is 2.39. The van der Waals surface area contributed by atoms with Crippen LogP contribution >= 0.6 is 31.9 Å². The molecule has 1 fully saturated rings. The van der Waals surface area contributed by atoms with Crippen molar-refractivity contribution >= 4 is 31.9 Å². The van der Waals surface area contributed by atoms with Gasteiger partial charge < -0.3 is 5.32 Å². The summed E-state index contributed by atoms with van der Waals surface area (Å²) in [6.45, 7) is 11.4. The van der Waals surface area contributed by atoms with Crippen LogP contribution in [0.15, 0.2) is 27.1 Å². The largest absolute Gasteiger partial charge is 0.314 e. The van der Waals surface area contributed by atoms with Crippen molar-refractivity contribution in [1.29, 1.82) is 0 Å². The Morgan fingerprint density at radius 2 is 1.79 bits per heavy atom. The molecule has 1 aliphatic rings. The zero-order valence-electron chi connectivity index (χ0n) is 11.8. The molecule has 0 aliphatic carbocycles. The van der Waals surface area contributed by atoms with E-state index in [-0.39, 0.29) is 5.41 Å². The highest BCUT2D eigenvalue weighted by molar-refractivity contribution is 9.11. The van der Waals surface area contributed by atoms with Crippen LogP contribution in [-0.2, 0) is 0 Å². The SMILES string of the molecule is CC(C)(C)[C@H](c1cc(Br)ccc1Br)N1CCNCC1. The Labute approximate surface area is 133 Å². The third kappa shape index (κ3) is 3.81.